The highest BCUT2D eigenvalue weighted by Crippen LogP contribution is 2.29. The van der Waals surface area contributed by atoms with Crippen molar-refractivity contribution >= 4 is 27.3 Å². The summed E-state index contributed by atoms with van der Waals surface area (Å²) < 4.78 is 26.6. The Labute approximate surface area is 142 Å². The fraction of sp³-hybridized carbons (Fsp3) is 0.688. The van der Waals surface area contributed by atoms with Crippen molar-refractivity contribution in [2.75, 3.05) is 26.7 Å². The van der Waals surface area contributed by atoms with Gasteiger partial charge in [0.25, 0.3) is 0 Å². The van der Waals surface area contributed by atoms with Gasteiger partial charge in [0, 0.05) is 37.5 Å². The highest BCUT2D eigenvalue weighted by molar-refractivity contribution is 7.89. The van der Waals surface area contributed by atoms with Crippen LogP contribution in [0, 0.1) is 5.92 Å². The molecule has 1 aliphatic heterocycles. The van der Waals surface area contributed by atoms with Crippen LogP contribution in [0.3, 0.4) is 0 Å². The number of carbonyl (C=O) groups excluding carboxylic acids is 1. The molecule has 1 amide bonds. The lowest BCUT2D eigenvalue weighted by molar-refractivity contribution is -0.138. The van der Waals surface area contributed by atoms with Gasteiger partial charge in [-0.2, -0.15) is 0 Å². The first-order valence-electron chi connectivity index (χ1n) is 8.25. The molecule has 7 heteroatoms. The molecule has 1 saturated carbocycles. The van der Waals surface area contributed by atoms with Crippen molar-refractivity contribution in [1.82, 2.24) is 9.21 Å². The molecule has 1 aliphatic carbocycles. The third-order valence-electron chi connectivity index (χ3n) is 4.97. The summed E-state index contributed by atoms with van der Waals surface area (Å²) in [4.78, 5) is 15.2. The molecule has 0 unspecified atom stereocenters. The summed E-state index contributed by atoms with van der Waals surface area (Å²) in [6, 6.07) is 4.00. The number of hydrogen-bond donors (Lipinski definition) is 0. The van der Waals surface area contributed by atoms with E-state index in [1.807, 2.05) is 17.5 Å². The van der Waals surface area contributed by atoms with Crippen LogP contribution in [0.25, 0.3) is 0 Å². The van der Waals surface area contributed by atoms with E-state index in [1.54, 1.807) is 23.3 Å². The molecule has 1 saturated heterocycles. The number of carbonyl (C=O) groups is 1. The van der Waals surface area contributed by atoms with Crippen molar-refractivity contribution < 1.29 is 13.2 Å². The summed E-state index contributed by atoms with van der Waals surface area (Å²) in [6.07, 6.45) is 4.92. The van der Waals surface area contributed by atoms with E-state index in [1.165, 1.54) is 9.18 Å². The lowest BCUT2D eigenvalue weighted by atomic mass is 10.0. The van der Waals surface area contributed by atoms with E-state index in [-0.39, 0.29) is 11.8 Å². The highest BCUT2D eigenvalue weighted by atomic mass is 32.2. The zero-order valence-electron chi connectivity index (χ0n) is 13.5. The lowest BCUT2D eigenvalue weighted by Crippen LogP contribution is -2.60. The molecular weight excluding hydrogens is 332 g/mol. The Hall–Kier alpha value is -0.920. The van der Waals surface area contributed by atoms with Gasteiger partial charge < -0.3 is 4.90 Å². The fourth-order valence-corrected chi connectivity index (χ4v) is 5.63. The van der Waals surface area contributed by atoms with E-state index < -0.39 is 15.3 Å². The van der Waals surface area contributed by atoms with Crippen LogP contribution in [0.15, 0.2) is 17.5 Å². The Morgan fingerprint density at radius 1 is 1.35 bits per heavy atom. The molecule has 0 atom stereocenters. The fourth-order valence-electron chi connectivity index (χ4n) is 3.34. The van der Waals surface area contributed by atoms with Gasteiger partial charge in [-0.25, -0.2) is 12.7 Å². The molecule has 2 heterocycles. The molecule has 1 aromatic heterocycles. The second kappa shape index (κ2) is 6.91. The van der Waals surface area contributed by atoms with Crippen molar-refractivity contribution in [3.8, 4) is 0 Å². The van der Waals surface area contributed by atoms with Gasteiger partial charge in [-0.05, 0) is 30.7 Å². The first-order chi connectivity index (χ1) is 11.0. The Morgan fingerprint density at radius 3 is 2.65 bits per heavy atom. The Kier molecular flexibility index (Phi) is 5.08. The van der Waals surface area contributed by atoms with Crippen LogP contribution in [0.4, 0.5) is 0 Å². The number of thiophene rings is 1. The van der Waals surface area contributed by atoms with Crippen LogP contribution in [0.5, 0.6) is 0 Å². The Morgan fingerprint density at radius 2 is 2.04 bits per heavy atom. The molecule has 0 aromatic carbocycles. The normalized spacial score (nSPS) is 20.2. The standard InChI is InChI=1S/C16H24N2O3S2/c1-17(9-8-14-7-4-10-22-14)23(20,21)15-11-18(12-15)16(19)13-5-2-3-6-13/h4,7,10,13,15H,2-3,5-6,8-9,11-12H2,1H3. The molecule has 0 N–H and O–H groups in total. The number of rotatable bonds is 6. The predicted molar refractivity (Wildman–Crippen MR) is 91.9 cm³/mol. The molecule has 1 aromatic rings. The zero-order chi connectivity index (χ0) is 16.4. The minimum atomic E-state index is -3.30. The monoisotopic (exact) mass is 356 g/mol. The Bertz CT molecular complexity index is 630. The van der Waals surface area contributed by atoms with Crippen molar-refractivity contribution in [3.05, 3.63) is 22.4 Å². The van der Waals surface area contributed by atoms with Crippen LogP contribution < -0.4 is 0 Å². The number of amides is 1. The maximum atomic E-state index is 12.6. The molecule has 0 radical (unpaired) electrons. The van der Waals surface area contributed by atoms with Crippen molar-refractivity contribution in [1.29, 1.82) is 0 Å². The summed E-state index contributed by atoms with van der Waals surface area (Å²) >= 11 is 1.65. The molecule has 5 nitrogen and oxygen atoms in total. The van der Waals surface area contributed by atoms with Crippen LogP contribution in [0.1, 0.15) is 30.6 Å². The van der Waals surface area contributed by atoms with E-state index in [0.717, 1.165) is 32.1 Å². The van der Waals surface area contributed by atoms with Gasteiger partial charge in [0.15, 0.2) is 0 Å². The molecule has 23 heavy (non-hydrogen) atoms. The number of sulfonamides is 1. The first-order valence-corrected chi connectivity index (χ1v) is 10.6. The molecular formula is C16H24N2O3S2. The number of nitrogens with zero attached hydrogens (tertiary/aromatic N) is 2. The van der Waals surface area contributed by atoms with Crippen molar-refractivity contribution in [3.63, 3.8) is 0 Å². The average Bonchev–Trinajstić information content (AvgIpc) is 3.15. The van der Waals surface area contributed by atoms with Gasteiger partial charge in [0.1, 0.15) is 5.25 Å². The van der Waals surface area contributed by atoms with E-state index in [0.29, 0.717) is 19.6 Å². The number of likely N-dealkylation sites (tertiary alicyclic amines) is 1. The third-order valence-corrected chi connectivity index (χ3v) is 8.10. The largest absolute Gasteiger partial charge is 0.340 e. The molecule has 0 spiro atoms. The summed E-state index contributed by atoms with van der Waals surface area (Å²) in [7, 11) is -1.66. The summed E-state index contributed by atoms with van der Waals surface area (Å²) in [6.45, 7) is 1.22. The van der Waals surface area contributed by atoms with E-state index in [2.05, 4.69) is 0 Å². The summed E-state index contributed by atoms with van der Waals surface area (Å²) in [5.74, 6) is 0.297. The SMILES string of the molecule is CN(CCc1cccs1)S(=O)(=O)C1CN(C(=O)C2CCCC2)C1. The van der Waals surface area contributed by atoms with Crippen LogP contribution in [-0.2, 0) is 21.2 Å². The van der Waals surface area contributed by atoms with Crippen molar-refractivity contribution in [2.24, 2.45) is 5.92 Å². The highest BCUT2D eigenvalue weighted by Gasteiger charge is 2.43. The van der Waals surface area contributed by atoms with Gasteiger partial charge in [-0.1, -0.05) is 18.9 Å². The second-order valence-electron chi connectivity index (χ2n) is 6.54. The number of likely N-dealkylation sites (N-methyl/N-ethyl adjacent to an activating group) is 1. The smallest absolute Gasteiger partial charge is 0.225 e. The minimum Gasteiger partial charge on any atom is -0.340 e. The molecule has 0 bridgehead atoms. The minimum absolute atomic E-state index is 0.134. The Balaban J connectivity index is 1.49. The molecule has 2 aliphatic rings. The van der Waals surface area contributed by atoms with Crippen LogP contribution in [0.2, 0.25) is 0 Å². The van der Waals surface area contributed by atoms with Crippen LogP contribution in [-0.4, -0.2) is 55.5 Å². The quantitative estimate of drug-likeness (QED) is 0.783. The topological polar surface area (TPSA) is 57.7 Å². The predicted octanol–water partition coefficient (Wildman–Crippen LogP) is 1.95. The molecule has 3 rings (SSSR count). The van der Waals surface area contributed by atoms with E-state index in [4.69, 9.17) is 0 Å². The van der Waals surface area contributed by atoms with Gasteiger partial charge in [-0.15, -0.1) is 11.3 Å². The van der Waals surface area contributed by atoms with Gasteiger partial charge in [0.2, 0.25) is 15.9 Å². The second-order valence-corrected chi connectivity index (χ2v) is 9.89. The zero-order valence-corrected chi connectivity index (χ0v) is 15.1. The van der Waals surface area contributed by atoms with Gasteiger partial charge in [-0.3, -0.25) is 4.79 Å². The molecule has 2 fully saturated rings. The summed E-state index contributed by atoms with van der Waals surface area (Å²) in [5, 5.41) is 1.57. The number of hydrogen-bond acceptors (Lipinski definition) is 4. The third kappa shape index (κ3) is 3.61. The maximum Gasteiger partial charge on any atom is 0.225 e. The van der Waals surface area contributed by atoms with Crippen LogP contribution >= 0.6 is 11.3 Å². The van der Waals surface area contributed by atoms with Crippen molar-refractivity contribution in [2.45, 2.75) is 37.4 Å². The van der Waals surface area contributed by atoms with E-state index in [9.17, 15) is 13.2 Å². The molecule has 128 valence electrons. The maximum absolute atomic E-state index is 12.6. The lowest BCUT2D eigenvalue weighted by Gasteiger charge is -2.41. The average molecular weight is 357 g/mol. The van der Waals surface area contributed by atoms with E-state index >= 15 is 0 Å². The van der Waals surface area contributed by atoms with Gasteiger partial charge in [0.05, 0.1) is 0 Å². The summed E-state index contributed by atoms with van der Waals surface area (Å²) in [5.41, 5.74) is 0. The first kappa shape index (κ1) is 16.9. The van der Waals surface area contributed by atoms with Gasteiger partial charge >= 0.3 is 0 Å².